The van der Waals surface area contributed by atoms with E-state index in [-0.39, 0.29) is 47.4 Å². The monoisotopic (exact) mass is 1060 g/mol. The highest BCUT2D eigenvalue weighted by Crippen LogP contribution is 2.70. The number of hydrogen-bond donors (Lipinski definition) is 13. The summed E-state index contributed by atoms with van der Waals surface area (Å²) in [5.41, 5.74) is -1.03. The van der Waals surface area contributed by atoms with Gasteiger partial charge in [0, 0.05) is 30.1 Å². The lowest BCUT2D eigenvalue weighted by Gasteiger charge is -2.62. The van der Waals surface area contributed by atoms with E-state index in [1.54, 1.807) is 0 Å². The number of aliphatic hydroxyl groups excluding tert-OH is 13. The number of fused-ring (bicyclic) bond motifs is 7. The van der Waals surface area contributed by atoms with Gasteiger partial charge in [0.15, 0.2) is 30.9 Å². The summed E-state index contributed by atoms with van der Waals surface area (Å²) < 4.78 is 60.9. The van der Waals surface area contributed by atoms with Gasteiger partial charge in [-0.2, -0.15) is 0 Å². The van der Waals surface area contributed by atoms with Crippen molar-refractivity contribution >= 4 is 5.78 Å². The molecule has 6 aliphatic heterocycles. The predicted octanol–water partition coefficient (Wildman–Crippen LogP) is -4.12. The van der Waals surface area contributed by atoms with E-state index in [0.717, 1.165) is 19.3 Å². The molecule has 0 amide bonds. The molecule has 74 heavy (non-hydrogen) atoms. The summed E-state index contributed by atoms with van der Waals surface area (Å²) in [6.07, 6.45) is -30.4. The van der Waals surface area contributed by atoms with E-state index in [0.29, 0.717) is 44.6 Å². The molecule has 32 atom stereocenters. The summed E-state index contributed by atoms with van der Waals surface area (Å²) in [6.45, 7) is 6.16. The molecule has 4 aliphatic carbocycles. The van der Waals surface area contributed by atoms with E-state index in [2.05, 4.69) is 27.7 Å². The maximum atomic E-state index is 14.7. The van der Waals surface area contributed by atoms with Gasteiger partial charge in [-0.15, -0.1) is 0 Å². The molecule has 0 radical (unpaired) electrons. The molecule has 6 saturated heterocycles. The average molecular weight is 1070 g/mol. The predicted molar refractivity (Wildman–Crippen MR) is 244 cm³/mol. The first-order valence-corrected chi connectivity index (χ1v) is 26.8. The number of rotatable bonds is 11. The van der Waals surface area contributed by atoms with E-state index in [4.69, 9.17) is 47.4 Å². The van der Waals surface area contributed by atoms with Crippen LogP contribution in [0.3, 0.4) is 0 Å². The number of ether oxygens (including phenoxy) is 10. The van der Waals surface area contributed by atoms with Gasteiger partial charge in [0.1, 0.15) is 97.3 Å². The Balaban J connectivity index is 0.830. The van der Waals surface area contributed by atoms with E-state index in [1.807, 2.05) is 0 Å². The molecular weight excluding hydrogens is 985 g/mol. The third-order valence-corrected chi connectivity index (χ3v) is 19.9. The van der Waals surface area contributed by atoms with Crippen molar-refractivity contribution in [2.24, 2.45) is 52.3 Å². The minimum Gasteiger partial charge on any atom is -0.394 e. The first-order chi connectivity index (χ1) is 35.1. The zero-order valence-corrected chi connectivity index (χ0v) is 42.2. The zero-order chi connectivity index (χ0) is 53.1. The summed E-state index contributed by atoms with van der Waals surface area (Å²) in [5, 5.41) is 141. The van der Waals surface area contributed by atoms with Crippen LogP contribution in [0, 0.1) is 52.3 Å². The average Bonchev–Trinajstić information content (AvgIpc) is 3.83. The molecule has 10 fully saturated rings. The van der Waals surface area contributed by atoms with Gasteiger partial charge in [0.25, 0.3) is 0 Å². The van der Waals surface area contributed by atoms with Crippen molar-refractivity contribution in [1.82, 2.24) is 0 Å². The Kier molecular flexibility index (Phi) is 16.2. The molecule has 424 valence electrons. The van der Waals surface area contributed by atoms with Crippen molar-refractivity contribution in [3.8, 4) is 0 Å². The molecule has 24 heteroatoms. The van der Waals surface area contributed by atoms with Gasteiger partial charge in [-0.25, -0.2) is 0 Å². The quantitative estimate of drug-likeness (QED) is 0.0874. The van der Waals surface area contributed by atoms with Crippen LogP contribution in [0.5, 0.6) is 0 Å². The lowest BCUT2D eigenvalue weighted by Crippen LogP contribution is -2.68. The molecule has 6 heterocycles. The van der Waals surface area contributed by atoms with Gasteiger partial charge >= 0.3 is 0 Å². The van der Waals surface area contributed by atoms with Crippen molar-refractivity contribution < 1.29 is 119 Å². The van der Waals surface area contributed by atoms with Crippen molar-refractivity contribution in [2.75, 3.05) is 33.0 Å². The molecule has 10 rings (SSSR count). The normalized spacial score (nSPS) is 57.6. The maximum Gasteiger partial charge on any atom is 0.187 e. The largest absolute Gasteiger partial charge is 0.394 e. The highest BCUT2D eigenvalue weighted by molar-refractivity contribution is 5.87. The van der Waals surface area contributed by atoms with Crippen LogP contribution in [0.25, 0.3) is 0 Å². The topological polar surface area (TPSA) is 372 Å². The molecule has 0 aromatic carbocycles. The van der Waals surface area contributed by atoms with Crippen LogP contribution in [-0.4, -0.2) is 246 Å². The van der Waals surface area contributed by atoms with Crippen molar-refractivity contribution in [2.45, 2.75) is 220 Å². The van der Waals surface area contributed by atoms with Gasteiger partial charge in [-0.3, -0.25) is 4.79 Å². The maximum absolute atomic E-state index is 14.7. The molecule has 0 bridgehead atoms. The SMILES string of the molecule is CC1CCC2(OC1)OC1CC3C4CC(O)C5CC(OC6OC(CO)C(OC7OC(CO)C(O)C(OC8OCC(O)C(O)C8O)C7OC7OC(CO)C(O)C(O)C7O)C(O)C6O)CCC5(C)C4CC(=O)C3(C)C1C2C. The Morgan fingerprint density at radius 3 is 1.88 bits per heavy atom. The van der Waals surface area contributed by atoms with E-state index < -0.39 is 172 Å². The highest BCUT2D eigenvalue weighted by atomic mass is 16.8. The van der Waals surface area contributed by atoms with Crippen LogP contribution in [0.15, 0.2) is 0 Å². The minimum atomic E-state index is -2.03. The fourth-order valence-corrected chi connectivity index (χ4v) is 15.6. The number of ketones is 1. The first-order valence-electron chi connectivity index (χ1n) is 26.8. The highest BCUT2D eigenvalue weighted by Gasteiger charge is 2.72. The molecule has 10 aliphatic rings. The second kappa shape index (κ2) is 21.3. The summed E-state index contributed by atoms with van der Waals surface area (Å²) in [7, 11) is 0. The van der Waals surface area contributed by atoms with Gasteiger partial charge in [0.2, 0.25) is 0 Å². The molecular formula is C50H80O24. The summed E-state index contributed by atoms with van der Waals surface area (Å²) in [5.74, 6) is -0.0338. The standard InChI is InChI=1S/C50H80O24/c1-18-5-8-50(66-16-18)19(2)32-27(74-50)11-23-21-10-25(54)24-9-20(6-7-48(24,3)22(21)12-31(56)49(23,32)4)67-45-40(64)37(61)41(30(15-53)70-45)71-47-43(73-46-39(63)36(60)34(58)28(13-51)68-46)42(35(59)29(14-52)69-47)72-44-38(62)33(57)26(55)17-65-44/h18-30,32-47,51-55,57-64H,5-17H2,1-4H3. The van der Waals surface area contributed by atoms with E-state index in [9.17, 15) is 71.2 Å². The van der Waals surface area contributed by atoms with Crippen molar-refractivity contribution in [3.63, 3.8) is 0 Å². The summed E-state index contributed by atoms with van der Waals surface area (Å²) >= 11 is 0. The van der Waals surface area contributed by atoms with Gasteiger partial charge < -0.3 is 114 Å². The van der Waals surface area contributed by atoms with Crippen molar-refractivity contribution in [1.29, 1.82) is 0 Å². The van der Waals surface area contributed by atoms with E-state index in [1.165, 1.54) is 0 Å². The van der Waals surface area contributed by atoms with Gasteiger partial charge in [-0.1, -0.05) is 27.7 Å². The van der Waals surface area contributed by atoms with Crippen molar-refractivity contribution in [3.05, 3.63) is 0 Å². The number of carbonyl (C=O) groups is 1. The number of carbonyl (C=O) groups excluding carboxylic acids is 1. The second-order valence-electron chi connectivity index (χ2n) is 23.9. The Morgan fingerprint density at radius 1 is 0.568 bits per heavy atom. The van der Waals surface area contributed by atoms with Gasteiger partial charge in [0.05, 0.1) is 51.3 Å². The van der Waals surface area contributed by atoms with Crippen LogP contribution < -0.4 is 0 Å². The van der Waals surface area contributed by atoms with Crippen LogP contribution in [0.4, 0.5) is 0 Å². The Hall–Kier alpha value is -1.25. The first kappa shape index (κ1) is 56.0. The lowest BCUT2D eigenvalue weighted by atomic mass is 9.43. The molecule has 24 nitrogen and oxygen atoms in total. The second-order valence-corrected chi connectivity index (χ2v) is 23.9. The van der Waals surface area contributed by atoms with Crippen LogP contribution in [0.1, 0.15) is 79.1 Å². The number of hydrogen-bond acceptors (Lipinski definition) is 24. The fraction of sp³-hybridized carbons (Fsp3) is 0.980. The Bertz CT molecular complexity index is 1940. The molecule has 13 N–H and O–H groups in total. The number of Topliss-reactive ketones (excluding diaryl/α,β-unsaturated/α-hetero) is 1. The number of aliphatic hydroxyl groups is 13. The molecule has 1 spiro atoms. The van der Waals surface area contributed by atoms with Crippen LogP contribution in [0.2, 0.25) is 0 Å². The summed E-state index contributed by atoms with van der Waals surface area (Å²) in [6, 6.07) is 0. The smallest absolute Gasteiger partial charge is 0.187 e. The molecule has 4 saturated carbocycles. The Morgan fingerprint density at radius 2 is 1.19 bits per heavy atom. The van der Waals surface area contributed by atoms with Crippen LogP contribution in [-0.2, 0) is 52.2 Å². The molecule has 32 unspecified atom stereocenters. The van der Waals surface area contributed by atoms with Gasteiger partial charge in [-0.05, 0) is 73.5 Å². The molecule has 0 aromatic heterocycles. The third-order valence-electron chi connectivity index (χ3n) is 19.9. The van der Waals surface area contributed by atoms with E-state index >= 15 is 0 Å². The zero-order valence-electron chi connectivity index (χ0n) is 42.2. The summed E-state index contributed by atoms with van der Waals surface area (Å²) in [4.78, 5) is 14.7. The third kappa shape index (κ3) is 9.26. The van der Waals surface area contributed by atoms with Crippen LogP contribution >= 0.6 is 0 Å². The Labute approximate surface area is 428 Å². The fourth-order valence-electron chi connectivity index (χ4n) is 15.6. The molecule has 0 aromatic rings. The lowest BCUT2D eigenvalue weighted by molar-refractivity contribution is -0.404. The minimum absolute atomic E-state index is 0.0131.